The van der Waals surface area contributed by atoms with Gasteiger partial charge < -0.3 is 5.73 Å². The lowest BCUT2D eigenvalue weighted by atomic mass is 10.2. The summed E-state index contributed by atoms with van der Waals surface area (Å²) in [7, 11) is 0. The Morgan fingerprint density at radius 1 is 1.78 bits per heavy atom. The van der Waals surface area contributed by atoms with E-state index >= 15 is 0 Å². The van der Waals surface area contributed by atoms with Crippen molar-refractivity contribution < 1.29 is 4.79 Å². The molecule has 0 aromatic rings. The van der Waals surface area contributed by atoms with Crippen LogP contribution in [0.2, 0.25) is 0 Å². The summed E-state index contributed by atoms with van der Waals surface area (Å²) in [5, 5.41) is 0. The van der Waals surface area contributed by atoms with Crippen LogP contribution in [-0.2, 0) is 4.79 Å². The van der Waals surface area contributed by atoms with E-state index in [4.69, 9.17) is 5.73 Å². The molecule has 3 nitrogen and oxygen atoms in total. The number of nitrogens with two attached hydrogens (primary N) is 1. The molecular formula is C6H7N2O+. The number of carbonyl (C=O) groups is 1. The van der Waals surface area contributed by atoms with Gasteiger partial charge in [0.05, 0.1) is 6.42 Å². The topological polar surface area (TPSA) is 57.2 Å². The van der Waals surface area contributed by atoms with Crippen LogP contribution < -0.4 is 10.4 Å². The molecule has 0 bridgehead atoms. The normalized spacial score (nSPS) is 15.3. The second-order valence-corrected chi connectivity index (χ2v) is 1.72. The van der Waals surface area contributed by atoms with E-state index in [2.05, 4.69) is 4.67 Å². The van der Waals surface area contributed by atoms with Gasteiger partial charge in [0.2, 0.25) is 0 Å². The van der Waals surface area contributed by atoms with Crippen molar-refractivity contribution in [2.24, 2.45) is 5.73 Å². The lowest BCUT2D eigenvalue weighted by Crippen LogP contribution is -2.16. The van der Waals surface area contributed by atoms with Gasteiger partial charge in [-0.2, -0.15) is 0 Å². The van der Waals surface area contributed by atoms with Crippen molar-refractivity contribution >= 4 is 18.3 Å². The maximum atomic E-state index is 10.4. The van der Waals surface area contributed by atoms with Gasteiger partial charge in [-0.05, 0) is 0 Å². The van der Waals surface area contributed by atoms with Gasteiger partial charge in [-0.3, -0.25) is 4.79 Å². The Hall–Kier alpha value is -1.34. The number of primary amides is 1. The average Bonchev–Trinajstić information content (AvgIpc) is 1.90. The zero-order chi connectivity index (χ0) is 6.69. The van der Waals surface area contributed by atoms with Gasteiger partial charge in [0.15, 0.2) is 0 Å². The molecule has 0 spiro atoms. The third-order valence-corrected chi connectivity index (χ3v) is 1.05. The third kappa shape index (κ3) is 1.27. The monoisotopic (exact) mass is 123 g/mol. The zero-order valence-corrected chi connectivity index (χ0v) is 4.87. The molecule has 0 unspecified atom stereocenters. The van der Waals surface area contributed by atoms with Gasteiger partial charge in [-0.1, -0.05) is 6.08 Å². The van der Waals surface area contributed by atoms with Gasteiger partial charge in [0.25, 0.3) is 12.1 Å². The van der Waals surface area contributed by atoms with E-state index in [1.807, 2.05) is 0 Å². The molecule has 1 heterocycles. The van der Waals surface area contributed by atoms with Gasteiger partial charge in [-0.25, -0.2) is 0 Å². The molecule has 0 saturated carbocycles. The molecule has 3 heteroatoms. The van der Waals surface area contributed by atoms with Crippen LogP contribution in [0.4, 0.5) is 0 Å². The van der Waals surface area contributed by atoms with Gasteiger partial charge in [0.1, 0.15) is 5.57 Å². The van der Waals surface area contributed by atoms with Gasteiger partial charge >= 0.3 is 6.21 Å². The highest BCUT2D eigenvalue weighted by Crippen LogP contribution is 1.90. The summed E-state index contributed by atoms with van der Waals surface area (Å²) < 4.78 is 3.76. The van der Waals surface area contributed by atoms with E-state index in [0.717, 1.165) is 0 Å². The standard InChI is InChI=1S/C6H6N2O/c7-6(9)5-2-1-3-8-4-5/h2-4H,1H2,(H-,7,9)/p+1. The predicted molar refractivity (Wildman–Crippen MR) is 36.2 cm³/mol. The molecule has 1 aliphatic rings. The van der Waals surface area contributed by atoms with Crippen LogP contribution in [0, 0.1) is 0 Å². The van der Waals surface area contributed by atoms with Crippen molar-refractivity contribution in [3.63, 3.8) is 0 Å². The van der Waals surface area contributed by atoms with Crippen LogP contribution >= 0.6 is 0 Å². The quantitative estimate of drug-likeness (QED) is 0.447. The van der Waals surface area contributed by atoms with Gasteiger partial charge in [0, 0.05) is 0 Å². The molecule has 0 atom stereocenters. The highest BCUT2D eigenvalue weighted by molar-refractivity contribution is 6.12. The van der Waals surface area contributed by atoms with E-state index in [9.17, 15) is 4.79 Å². The molecule has 0 radical (unpaired) electrons. The first-order chi connectivity index (χ1) is 4.30. The minimum Gasteiger partial charge on any atom is -0.365 e. The number of rotatable bonds is 1. The van der Waals surface area contributed by atoms with Crippen LogP contribution in [0.1, 0.15) is 6.42 Å². The molecule has 46 valence electrons. The molecule has 0 aromatic carbocycles. The second-order valence-electron chi connectivity index (χ2n) is 1.72. The van der Waals surface area contributed by atoms with Crippen molar-refractivity contribution in [2.75, 3.05) is 0 Å². The summed E-state index contributed by atoms with van der Waals surface area (Å²) in [5.74, 6) is -0.410. The SMILES string of the molecule is NC(=O)C1=CCC=[N+]=C1. The Morgan fingerprint density at radius 3 is 2.89 bits per heavy atom. The van der Waals surface area contributed by atoms with E-state index < -0.39 is 5.91 Å². The molecular weight excluding hydrogens is 116 g/mol. The summed E-state index contributed by atoms with van der Waals surface area (Å²) in [6.45, 7) is 0. The number of nitrogens with zero attached hydrogens (tertiary/aromatic N) is 1. The molecule has 1 amide bonds. The van der Waals surface area contributed by atoms with Crippen molar-refractivity contribution in [3.8, 4) is 0 Å². The molecule has 0 fully saturated rings. The second kappa shape index (κ2) is 2.29. The fourth-order valence-corrected chi connectivity index (χ4v) is 0.590. The average molecular weight is 123 g/mol. The van der Waals surface area contributed by atoms with E-state index in [1.54, 1.807) is 12.3 Å². The zero-order valence-electron chi connectivity index (χ0n) is 4.87. The van der Waals surface area contributed by atoms with E-state index in [0.29, 0.717) is 12.0 Å². The third-order valence-electron chi connectivity index (χ3n) is 1.05. The Morgan fingerprint density at radius 2 is 2.56 bits per heavy atom. The maximum Gasteiger partial charge on any atom is 0.304 e. The summed E-state index contributed by atoms with van der Waals surface area (Å²) in [4.78, 5) is 10.4. The number of carbonyl (C=O) groups excluding carboxylic acids is 1. The Kier molecular flexibility index (Phi) is 1.47. The predicted octanol–water partition coefficient (Wildman–Crippen LogP) is -0.989. The van der Waals surface area contributed by atoms with Crippen LogP contribution in [0.25, 0.3) is 0 Å². The molecule has 1 aliphatic heterocycles. The maximum absolute atomic E-state index is 10.4. The Balaban J connectivity index is 2.84. The molecule has 9 heavy (non-hydrogen) atoms. The lowest BCUT2D eigenvalue weighted by Gasteiger charge is -1.86. The molecule has 2 N–H and O–H groups in total. The van der Waals surface area contributed by atoms with Crippen LogP contribution in [0.5, 0.6) is 0 Å². The molecule has 0 aliphatic carbocycles. The Labute approximate surface area is 52.6 Å². The largest absolute Gasteiger partial charge is 0.365 e. The van der Waals surface area contributed by atoms with Crippen LogP contribution in [0.15, 0.2) is 11.6 Å². The number of allylic oxidation sites excluding steroid dienone is 1. The highest BCUT2D eigenvalue weighted by atomic mass is 16.1. The number of hydrogen-bond acceptors (Lipinski definition) is 1. The minimum atomic E-state index is -0.410. The first kappa shape index (κ1) is 5.79. The Bertz CT molecular complexity index is 221. The smallest absolute Gasteiger partial charge is 0.304 e. The number of hydrogen-bond donors (Lipinski definition) is 1. The first-order valence-corrected chi connectivity index (χ1v) is 2.65. The minimum absolute atomic E-state index is 0.410. The summed E-state index contributed by atoms with van der Waals surface area (Å²) >= 11 is 0. The fraction of sp³-hybridized carbons (Fsp3) is 0.167. The molecule has 0 saturated heterocycles. The van der Waals surface area contributed by atoms with E-state index in [1.165, 1.54) is 6.21 Å². The van der Waals surface area contributed by atoms with Crippen molar-refractivity contribution in [1.29, 1.82) is 0 Å². The molecule has 1 rings (SSSR count). The van der Waals surface area contributed by atoms with E-state index in [-0.39, 0.29) is 0 Å². The number of amides is 1. The van der Waals surface area contributed by atoms with Crippen LogP contribution in [0.3, 0.4) is 0 Å². The van der Waals surface area contributed by atoms with Crippen molar-refractivity contribution in [2.45, 2.75) is 6.42 Å². The fourth-order valence-electron chi connectivity index (χ4n) is 0.590. The first-order valence-electron chi connectivity index (χ1n) is 2.65. The van der Waals surface area contributed by atoms with Crippen LogP contribution in [-0.4, -0.2) is 18.3 Å². The van der Waals surface area contributed by atoms with Gasteiger partial charge in [-0.15, -0.1) is 4.67 Å². The lowest BCUT2D eigenvalue weighted by molar-refractivity contribution is -0.114. The van der Waals surface area contributed by atoms with Crippen molar-refractivity contribution in [1.82, 2.24) is 4.67 Å². The van der Waals surface area contributed by atoms with Crippen molar-refractivity contribution in [3.05, 3.63) is 11.6 Å². The molecule has 0 aromatic heterocycles. The summed E-state index contributed by atoms with van der Waals surface area (Å²) in [6.07, 6.45) is 5.63. The highest BCUT2D eigenvalue weighted by Gasteiger charge is 2.07. The summed E-state index contributed by atoms with van der Waals surface area (Å²) in [5.41, 5.74) is 5.45. The summed E-state index contributed by atoms with van der Waals surface area (Å²) in [6, 6.07) is 0.